The highest BCUT2D eigenvalue weighted by atomic mass is 32.1. The Morgan fingerprint density at radius 1 is 1.30 bits per heavy atom. The number of rotatable bonds is 7. The predicted molar refractivity (Wildman–Crippen MR) is 118 cm³/mol. The first kappa shape index (κ1) is 20.7. The highest BCUT2D eigenvalue weighted by Gasteiger charge is 2.21. The van der Waals surface area contributed by atoms with Gasteiger partial charge in [-0.05, 0) is 48.7 Å². The average Bonchev–Trinajstić information content (AvgIpc) is 3.36. The second kappa shape index (κ2) is 9.09. The standard InChI is InChI=1S/C21H28N6O2S/c1-15-9-16(2)12-25(11-15)7-4-6-22-20(28)13-26-21(29)18-10-17(19-5-3-8-30-19)24-27(18)14-23-26/h3,5,8,10,14-16H,4,6-7,9,11-13H2,1-2H3,(H,22,28)/t15-,16+. The van der Waals surface area contributed by atoms with Crippen LogP contribution in [0.2, 0.25) is 0 Å². The van der Waals surface area contributed by atoms with E-state index in [4.69, 9.17) is 0 Å². The lowest BCUT2D eigenvalue weighted by atomic mass is 9.92. The Kier molecular flexibility index (Phi) is 6.29. The molecule has 1 aliphatic rings. The number of piperidine rings is 1. The van der Waals surface area contributed by atoms with Crippen LogP contribution in [0.4, 0.5) is 0 Å². The zero-order valence-electron chi connectivity index (χ0n) is 17.5. The van der Waals surface area contributed by atoms with Crippen LogP contribution >= 0.6 is 11.3 Å². The summed E-state index contributed by atoms with van der Waals surface area (Å²) in [6.45, 7) is 8.37. The topological polar surface area (TPSA) is 84.5 Å². The number of nitrogens with one attached hydrogen (secondary N) is 1. The highest BCUT2D eigenvalue weighted by molar-refractivity contribution is 7.13. The van der Waals surface area contributed by atoms with E-state index in [0.717, 1.165) is 48.5 Å². The number of hydrogen-bond acceptors (Lipinski definition) is 6. The highest BCUT2D eigenvalue weighted by Crippen LogP contribution is 2.23. The molecule has 9 heteroatoms. The second-order valence-corrected chi connectivity index (χ2v) is 9.29. The molecule has 1 aliphatic heterocycles. The molecule has 1 amide bonds. The van der Waals surface area contributed by atoms with Crippen LogP contribution in [0.1, 0.15) is 26.7 Å². The van der Waals surface area contributed by atoms with Crippen molar-refractivity contribution >= 4 is 22.8 Å². The molecule has 3 aromatic rings. The lowest BCUT2D eigenvalue weighted by Crippen LogP contribution is -2.40. The lowest BCUT2D eigenvalue weighted by molar-refractivity contribution is -0.121. The van der Waals surface area contributed by atoms with Crippen LogP contribution < -0.4 is 10.9 Å². The number of nitrogens with zero attached hydrogens (tertiary/aromatic N) is 5. The first-order valence-electron chi connectivity index (χ1n) is 10.5. The Morgan fingerprint density at radius 3 is 2.83 bits per heavy atom. The molecule has 4 heterocycles. The fraction of sp³-hybridized carbons (Fsp3) is 0.524. The molecule has 0 aromatic carbocycles. The Bertz CT molecular complexity index is 1050. The Morgan fingerprint density at radius 2 is 2.10 bits per heavy atom. The minimum absolute atomic E-state index is 0.0906. The van der Waals surface area contributed by atoms with Crippen LogP contribution in [0.25, 0.3) is 16.1 Å². The van der Waals surface area contributed by atoms with E-state index in [9.17, 15) is 9.59 Å². The molecular formula is C21H28N6O2S. The first-order chi connectivity index (χ1) is 14.5. The number of aromatic nitrogens is 4. The van der Waals surface area contributed by atoms with Crippen molar-refractivity contribution in [1.29, 1.82) is 0 Å². The third-order valence-electron chi connectivity index (χ3n) is 5.47. The van der Waals surface area contributed by atoms with Gasteiger partial charge in [-0.1, -0.05) is 19.9 Å². The summed E-state index contributed by atoms with van der Waals surface area (Å²) in [4.78, 5) is 28.5. The molecule has 1 fully saturated rings. The summed E-state index contributed by atoms with van der Waals surface area (Å²) in [5, 5.41) is 13.4. The molecule has 0 aliphatic carbocycles. The van der Waals surface area contributed by atoms with Crippen LogP contribution in [-0.2, 0) is 11.3 Å². The maximum Gasteiger partial charge on any atom is 0.293 e. The monoisotopic (exact) mass is 428 g/mol. The first-order valence-corrected chi connectivity index (χ1v) is 11.4. The summed E-state index contributed by atoms with van der Waals surface area (Å²) in [6, 6.07) is 5.64. The van der Waals surface area contributed by atoms with Gasteiger partial charge in [0.1, 0.15) is 24.1 Å². The van der Waals surface area contributed by atoms with Gasteiger partial charge in [-0.3, -0.25) is 9.59 Å². The summed E-state index contributed by atoms with van der Waals surface area (Å²) < 4.78 is 2.66. The molecule has 0 spiro atoms. The van der Waals surface area contributed by atoms with Crippen molar-refractivity contribution in [3.63, 3.8) is 0 Å². The SMILES string of the molecule is C[C@@H]1C[C@H](C)CN(CCCNC(=O)Cn2ncn3nc(-c4cccs4)cc3c2=O)C1. The predicted octanol–water partition coefficient (Wildman–Crippen LogP) is 2.10. The fourth-order valence-electron chi connectivity index (χ4n) is 4.29. The van der Waals surface area contributed by atoms with Crippen LogP contribution in [0.5, 0.6) is 0 Å². The second-order valence-electron chi connectivity index (χ2n) is 8.34. The van der Waals surface area contributed by atoms with Gasteiger partial charge in [0, 0.05) is 19.6 Å². The number of amides is 1. The number of fused-ring (bicyclic) bond motifs is 1. The molecule has 1 saturated heterocycles. The van der Waals surface area contributed by atoms with Crippen LogP contribution in [0, 0.1) is 11.8 Å². The van der Waals surface area contributed by atoms with E-state index >= 15 is 0 Å². The summed E-state index contributed by atoms with van der Waals surface area (Å²) in [5.41, 5.74) is 0.821. The van der Waals surface area contributed by atoms with Crippen molar-refractivity contribution in [2.24, 2.45) is 11.8 Å². The minimum Gasteiger partial charge on any atom is -0.354 e. The van der Waals surface area contributed by atoms with Crippen molar-refractivity contribution in [1.82, 2.24) is 29.6 Å². The van der Waals surface area contributed by atoms with Gasteiger partial charge in [0.25, 0.3) is 5.56 Å². The maximum atomic E-state index is 12.7. The zero-order valence-corrected chi connectivity index (χ0v) is 18.3. The molecule has 30 heavy (non-hydrogen) atoms. The number of likely N-dealkylation sites (tertiary alicyclic amines) is 1. The van der Waals surface area contributed by atoms with Crippen LogP contribution in [0.15, 0.2) is 34.7 Å². The third-order valence-corrected chi connectivity index (χ3v) is 6.37. The molecule has 0 unspecified atom stereocenters. The van der Waals surface area contributed by atoms with Crippen molar-refractivity contribution < 1.29 is 4.79 Å². The van der Waals surface area contributed by atoms with Gasteiger partial charge in [0.15, 0.2) is 0 Å². The largest absolute Gasteiger partial charge is 0.354 e. The Hall–Kier alpha value is -2.52. The van der Waals surface area contributed by atoms with E-state index in [2.05, 4.69) is 34.3 Å². The van der Waals surface area contributed by atoms with Crippen LogP contribution in [-0.4, -0.2) is 56.4 Å². The number of carbonyl (C=O) groups excluding carboxylic acids is 1. The van der Waals surface area contributed by atoms with E-state index in [-0.39, 0.29) is 18.0 Å². The molecule has 8 nitrogen and oxygen atoms in total. The molecule has 160 valence electrons. The summed E-state index contributed by atoms with van der Waals surface area (Å²) >= 11 is 1.56. The fourth-order valence-corrected chi connectivity index (χ4v) is 4.97. The summed E-state index contributed by atoms with van der Waals surface area (Å²) in [5.74, 6) is 1.27. The maximum absolute atomic E-state index is 12.7. The lowest BCUT2D eigenvalue weighted by Gasteiger charge is -2.34. The van der Waals surface area contributed by atoms with Crippen molar-refractivity contribution in [3.8, 4) is 10.6 Å². The average molecular weight is 429 g/mol. The number of carbonyl (C=O) groups is 1. The van der Waals surface area contributed by atoms with E-state index in [1.165, 1.54) is 21.9 Å². The van der Waals surface area contributed by atoms with Crippen molar-refractivity contribution in [3.05, 3.63) is 40.3 Å². The molecule has 3 aromatic heterocycles. The van der Waals surface area contributed by atoms with Gasteiger partial charge in [0.2, 0.25) is 5.91 Å². The Balaban J connectivity index is 1.31. The van der Waals surface area contributed by atoms with E-state index in [1.54, 1.807) is 17.4 Å². The van der Waals surface area contributed by atoms with Gasteiger partial charge >= 0.3 is 0 Å². The van der Waals surface area contributed by atoms with Crippen molar-refractivity contribution in [2.45, 2.75) is 33.2 Å². The minimum atomic E-state index is -0.320. The van der Waals surface area contributed by atoms with E-state index < -0.39 is 0 Å². The van der Waals surface area contributed by atoms with Crippen molar-refractivity contribution in [2.75, 3.05) is 26.2 Å². The normalized spacial score (nSPS) is 19.9. The van der Waals surface area contributed by atoms with Crippen LogP contribution in [0.3, 0.4) is 0 Å². The molecule has 0 radical (unpaired) electrons. The van der Waals surface area contributed by atoms with E-state index in [1.807, 2.05) is 17.5 Å². The molecule has 0 bridgehead atoms. The smallest absolute Gasteiger partial charge is 0.293 e. The summed E-state index contributed by atoms with van der Waals surface area (Å²) in [7, 11) is 0. The zero-order chi connectivity index (χ0) is 21.1. The molecule has 0 saturated carbocycles. The molecule has 4 rings (SSSR count). The van der Waals surface area contributed by atoms with Gasteiger partial charge in [0.05, 0.1) is 4.88 Å². The summed E-state index contributed by atoms with van der Waals surface area (Å²) in [6.07, 6.45) is 3.67. The molecule has 2 atom stereocenters. The third kappa shape index (κ3) is 4.79. The van der Waals surface area contributed by atoms with E-state index in [0.29, 0.717) is 12.1 Å². The van der Waals surface area contributed by atoms with Gasteiger partial charge in [-0.15, -0.1) is 11.3 Å². The quantitative estimate of drug-likeness (QED) is 0.583. The van der Waals surface area contributed by atoms with Gasteiger partial charge in [-0.25, -0.2) is 9.20 Å². The Labute approximate surface area is 179 Å². The molecule has 1 N–H and O–H groups in total. The van der Waals surface area contributed by atoms with Gasteiger partial charge in [-0.2, -0.15) is 10.2 Å². The van der Waals surface area contributed by atoms with Gasteiger partial charge < -0.3 is 10.2 Å². The molecular weight excluding hydrogens is 400 g/mol. The number of hydrogen-bond donors (Lipinski definition) is 1. The number of thiophene rings is 1.